The van der Waals surface area contributed by atoms with E-state index in [1.807, 2.05) is 0 Å². The highest BCUT2D eigenvalue weighted by atomic mass is 32.1. The maximum Gasteiger partial charge on any atom is 0.171 e. The van der Waals surface area contributed by atoms with Gasteiger partial charge in [-0.1, -0.05) is 29.8 Å². The number of aryl methyl sites for hydroxylation is 1. The molecule has 3 rings (SSSR count). The summed E-state index contributed by atoms with van der Waals surface area (Å²) in [6.07, 6.45) is 4.88. The average Bonchev–Trinajstić information content (AvgIpc) is 2.38. The maximum absolute atomic E-state index is 5.32. The van der Waals surface area contributed by atoms with Crippen molar-refractivity contribution in [2.75, 3.05) is 0 Å². The molecule has 18 heavy (non-hydrogen) atoms. The number of hydrogen-bond donors (Lipinski definition) is 2. The van der Waals surface area contributed by atoms with Crippen LogP contribution in [0.2, 0.25) is 0 Å². The minimum atomic E-state index is 0.273. The Morgan fingerprint density at radius 2 is 1.83 bits per heavy atom. The van der Waals surface area contributed by atoms with Gasteiger partial charge in [-0.05, 0) is 56.0 Å². The lowest BCUT2D eigenvalue weighted by Crippen LogP contribution is -2.44. The summed E-state index contributed by atoms with van der Waals surface area (Å²) < 4.78 is 0. The Labute approximate surface area is 113 Å². The van der Waals surface area contributed by atoms with Crippen molar-refractivity contribution in [3.63, 3.8) is 0 Å². The zero-order valence-corrected chi connectivity index (χ0v) is 11.4. The third-order valence-corrected chi connectivity index (χ3v) is 4.03. The van der Waals surface area contributed by atoms with Gasteiger partial charge in [0.15, 0.2) is 5.11 Å². The van der Waals surface area contributed by atoms with E-state index in [9.17, 15) is 0 Å². The second kappa shape index (κ2) is 4.73. The highest BCUT2D eigenvalue weighted by Crippen LogP contribution is 2.35. The maximum atomic E-state index is 5.32. The number of benzene rings is 1. The summed E-state index contributed by atoms with van der Waals surface area (Å²) in [6.45, 7) is 2.12. The zero-order valence-electron chi connectivity index (χ0n) is 10.6. The number of thiocarbonyl (C=S) groups is 1. The van der Waals surface area contributed by atoms with Crippen molar-refractivity contribution in [2.24, 2.45) is 0 Å². The van der Waals surface area contributed by atoms with Crippen LogP contribution in [-0.2, 0) is 0 Å². The summed E-state index contributed by atoms with van der Waals surface area (Å²) in [7, 11) is 0. The van der Waals surface area contributed by atoms with Crippen LogP contribution < -0.4 is 10.6 Å². The van der Waals surface area contributed by atoms with E-state index < -0.39 is 0 Å². The molecule has 0 radical (unpaired) electrons. The molecule has 2 nitrogen and oxygen atoms in total. The fraction of sp³-hybridized carbons (Fsp3) is 0.400. The number of nitrogens with one attached hydrogen (secondary N) is 2. The van der Waals surface area contributed by atoms with Crippen LogP contribution in [0.1, 0.15) is 42.9 Å². The summed E-state index contributed by atoms with van der Waals surface area (Å²) in [5.41, 5.74) is 5.47. The van der Waals surface area contributed by atoms with E-state index in [1.54, 1.807) is 0 Å². The van der Waals surface area contributed by atoms with Crippen LogP contribution in [0.4, 0.5) is 0 Å². The van der Waals surface area contributed by atoms with Crippen LogP contribution in [0.5, 0.6) is 0 Å². The third-order valence-electron chi connectivity index (χ3n) is 3.81. The van der Waals surface area contributed by atoms with E-state index in [1.165, 1.54) is 41.7 Å². The second-order valence-electron chi connectivity index (χ2n) is 5.15. The fourth-order valence-electron chi connectivity index (χ4n) is 2.82. The molecule has 0 spiro atoms. The predicted molar refractivity (Wildman–Crippen MR) is 78.3 cm³/mol. The quantitative estimate of drug-likeness (QED) is 0.755. The largest absolute Gasteiger partial charge is 0.352 e. The van der Waals surface area contributed by atoms with Crippen molar-refractivity contribution in [3.05, 3.63) is 46.7 Å². The van der Waals surface area contributed by atoms with Crippen molar-refractivity contribution < 1.29 is 0 Å². The second-order valence-corrected chi connectivity index (χ2v) is 5.56. The minimum absolute atomic E-state index is 0.273. The Hall–Kier alpha value is -1.35. The van der Waals surface area contributed by atoms with Crippen molar-refractivity contribution in [3.8, 4) is 0 Å². The topological polar surface area (TPSA) is 24.1 Å². The van der Waals surface area contributed by atoms with Gasteiger partial charge in [0.1, 0.15) is 0 Å². The smallest absolute Gasteiger partial charge is 0.171 e. The molecule has 0 saturated heterocycles. The molecule has 0 saturated carbocycles. The van der Waals surface area contributed by atoms with Gasteiger partial charge in [-0.3, -0.25) is 0 Å². The van der Waals surface area contributed by atoms with Crippen LogP contribution in [0.25, 0.3) is 0 Å². The Balaban J connectivity index is 1.98. The number of allylic oxidation sites excluding steroid dienone is 1. The van der Waals surface area contributed by atoms with Gasteiger partial charge in [0.05, 0.1) is 6.04 Å². The first kappa shape index (κ1) is 11.7. The van der Waals surface area contributed by atoms with Crippen molar-refractivity contribution in [1.82, 2.24) is 10.6 Å². The molecule has 1 atom stereocenters. The molecule has 0 aromatic heterocycles. The van der Waals surface area contributed by atoms with Crippen LogP contribution in [-0.4, -0.2) is 5.11 Å². The van der Waals surface area contributed by atoms with Gasteiger partial charge in [-0.25, -0.2) is 0 Å². The fourth-order valence-corrected chi connectivity index (χ4v) is 3.07. The highest BCUT2D eigenvalue weighted by Gasteiger charge is 2.27. The molecule has 1 aromatic carbocycles. The van der Waals surface area contributed by atoms with Gasteiger partial charge in [0.25, 0.3) is 0 Å². The summed E-state index contributed by atoms with van der Waals surface area (Å²) in [6, 6.07) is 9.03. The molecule has 1 unspecified atom stereocenters. The first-order valence-corrected chi connectivity index (χ1v) is 7.01. The first-order valence-electron chi connectivity index (χ1n) is 6.60. The van der Waals surface area contributed by atoms with E-state index in [-0.39, 0.29) is 6.04 Å². The molecule has 1 heterocycles. The Kier molecular flexibility index (Phi) is 3.08. The van der Waals surface area contributed by atoms with Gasteiger partial charge in [-0.15, -0.1) is 0 Å². The summed E-state index contributed by atoms with van der Waals surface area (Å²) in [4.78, 5) is 0. The van der Waals surface area contributed by atoms with Crippen molar-refractivity contribution in [1.29, 1.82) is 0 Å². The third kappa shape index (κ3) is 2.15. The van der Waals surface area contributed by atoms with Gasteiger partial charge < -0.3 is 10.6 Å². The zero-order chi connectivity index (χ0) is 12.5. The minimum Gasteiger partial charge on any atom is -0.352 e. The van der Waals surface area contributed by atoms with E-state index in [0.29, 0.717) is 0 Å². The normalized spacial score (nSPS) is 23.2. The van der Waals surface area contributed by atoms with Gasteiger partial charge >= 0.3 is 0 Å². The molecule has 3 heteroatoms. The monoisotopic (exact) mass is 258 g/mol. The van der Waals surface area contributed by atoms with Gasteiger partial charge in [0, 0.05) is 5.70 Å². The van der Waals surface area contributed by atoms with Crippen LogP contribution >= 0.6 is 12.2 Å². The number of hydrogen-bond acceptors (Lipinski definition) is 1. The van der Waals surface area contributed by atoms with Crippen molar-refractivity contribution in [2.45, 2.75) is 38.6 Å². The molecular formula is C15H18N2S. The molecule has 0 amide bonds. The Bertz CT molecular complexity index is 502. The van der Waals surface area contributed by atoms with Gasteiger partial charge in [-0.2, -0.15) is 0 Å². The van der Waals surface area contributed by atoms with Crippen LogP contribution in [0.15, 0.2) is 35.5 Å². The lowest BCUT2D eigenvalue weighted by molar-refractivity contribution is 0.561. The molecule has 1 aromatic rings. The summed E-state index contributed by atoms with van der Waals surface area (Å²) >= 11 is 5.32. The van der Waals surface area contributed by atoms with E-state index >= 15 is 0 Å². The Morgan fingerprint density at radius 1 is 1.11 bits per heavy atom. The predicted octanol–water partition coefficient (Wildman–Crippen LogP) is 3.34. The summed E-state index contributed by atoms with van der Waals surface area (Å²) in [5.74, 6) is 0. The van der Waals surface area contributed by atoms with Crippen molar-refractivity contribution >= 4 is 17.3 Å². The first-order chi connectivity index (χ1) is 8.74. The molecule has 2 N–H and O–H groups in total. The molecule has 1 aliphatic carbocycles. The lowest BCUT2D eigenvalue weighted by atomic mass is 9.86. The molecule has 2 aliphatic rings. The average molecular weight is 258 g/mol. The van der Waals surface area contributed by atoms with E-state index in [2.05, 4.69) is 41.8 Å². The van der Waals surface area contributed by atoms with Crippen LogP contribution in [0.3, 0.4) is 0 Å². The number of rotatable bonds is 1. The Morgan fingerprint density at radius 3 is 2.61 bits per heavy atom. The molecule has 94 valence electrons. The van der Waals surface area contributed by atoms with Gasteiger partial charge in [0.2, 0.25) is 0 Å². The molecule has 0 fully saturated rings. The van der Waals surface area contributed by atoms with E-state index in [4.69, 9.17) is 12.2 Å². The molecular weight excluding hydrogens is 240 g/mol. The SMILES string of the molecule is Cc1ccc(C2NC(=S)NC3=C2CCCC3)cc1. The molecule has 1 aliphatic heterocycles. The summed E-state index contributed by atoms with van der Waals surface area (Å²) in [5, 5.41) is 7.51. The molecule has 0 bridgehead atoms. The van der Waals surface area contributed by atoms with Crippen LogP contribution in [0, 0.1) is 6.92 Å². The highest BCUT2D eigenvalue weighted by molar-refractivity contribution is 7.80. The lowest BCUT2D eigenvalue weighted by Gasteiger charge is -2.34. The van der Waals surface area contributed by atoms with E-state index in [0.717, 1.165) is 11.5 Å². The standard InChI is InChI=1S/C15H18N2S/c1-10-6-8-11(9-7-10)14-12-4-2-3-5-13(12)16-15(18)17-14/h6-9,14H,2-5H2,1H3,(H2,16,17,18).